The van der Waals surface area contributed by atoms with Crippen LogP contribution in [0.1, 0.15) is 18.2 Å². The standard InChI is InChI=1S/C13H19BrN2O2/c1-17-7-5-15-8-10-4-6-18-13(10)12-3-2-11(14)9-16-12/h2-3,9-10,13,15H,4-8H2,1H3. The highest BCUT2D eigenvalue weighted by atomic mass is 79.9. The van der Waals surface area contributed by atoms with Crippen molar-refractivity contribution in [2.24, 2.45) is 5.92 Å². The van der Waals surface area contributed by atoms with Crippen LogP contribution in [0.2, 0.25) is 0 Å². The van der Waals surface area contributed by atoms with E-state index in [1.165, 1.54) is 0 Å². The molecule has 2 unspecified atom stereocenters. The maximum Gasteiger partial charge on any atom is 0.103 e. The number of halogens is 1. The molecule has 100 valence electrons. The topological polar surface area (TPSA) is 43.4 Å². The van der Waals surface area contributed by atoms with Crippen molar-refractivity contribution < 1.29 is 9.47 Å². The second kappa shape index (κ2) is 7.19. The maximum absolute atomic E-state index is 5.80. The SMILES string of the molecule is COCCNCC1CCOC1c1ccc(Br)cn1. The third-order valence-electron chi connectivity index (χ3n) is 3.15. The molecule has 1 saturated heterocycles. The van der Waals surface area contributed by atoms with Crippen molar-refractivity contribution in [1.82, 2.24) is 10.3 Å². The van der Waals surface area contributed by atoms with E-state index in [-0.39, 0.29) is 6.10 Å². The second-order valence-electron chi connectivity index (χ2n) is 4.44. The molecule has 18 heavy (non-hydrogen) atoms. The summed E-state index contributed by atoms with van der Waals surface area (Å²) in [5.41, 5.74) is 1.02. The van der Waals surface area contributed by atoms with Gasteiger partial charge in [0.15, 0.2) is 0 Å². The highest BCUT2D eigenvalue weighted by molar-refractivity contribution is 9.10. The molecule has 1 aromatic rings. The molecule has 0 spiro atoms. The van der Waals surface area contributed by atoms with Crippen LogP contribution in [0.5, 0.6) is 0 Å². The molecule has 0 aliphatic carbocycles. The normalized spacial score (nSPS) is 23.4. The van der Waals surface area contributed by atoms with Crippen LogP contribution in [0.4, 0.5) is 0 Å². The molecule has 1 fully saturated rings. The molecule has 0 saturated carbocycles. The molecule has 2 atom stereocenters. The summed E-state index contributed by atoms with van der Waals surface area (Å²) in [5.74, 6) is 0.496. The van der Waals surface area contributed by atoms with Gasteiger partial charge >= 0.3 is 0 Å². The van der Waals surface area contributed by atoms with E-state index in [4.69, 9.17) is 9.47 Å². The predicted molar refractivity (Wildman–Crippen MR) is 73.5 cm³/mol. The Morgan fingerprint density at radius 1 is 1.56 bits per heavy atom. The molecule has 4 nitrogen and oxygen atoms in total. The fourth-order valence-corrected chi connectivity index (χ4v) is 2.42. The van der Waals surface area contributed by atoms with E-state index in [1.807, 2.05) is 18.3 Å². The van der Waals surface area contributed by atoms with Crippen LogP contribution in [0, 0.1) is 5.92 Å². The zero-order chi connectivity index (χ0) is 12.8. The third-order valence-corrected chi connectivity index (χ3v) is 3.61. The first kappa shape index (κ1) is 13.9. The van der Waals surface area contributed by atoms with Crippen LogP contribution in [0.25, 0.3) is 0 Å². The molecule has 0 amide bonds. The van der Waals surface area contributed by atoms with Gasteiger partial charge in [0.25, 0.3) is 0 Å². The largest absolute Gasteiger partial charge is 0.383 e. The number of rotatable bonds is 6. The van der Waals surface area contributed by atoms with Gasteiger partial charge in [-0.2, -0.15) is 0 Å². The van der Waals surface area contributed by atoms with E-state index >= 15 is 0 Å². The van der Waals surface area contributed by atoms with Gasteiger partial charge in [0.05, 0.1) is 12.3 Å². The number of nitrogens with one attached hydrogen (secondary N) is 1. The highest BCUT2D eigenvalue weighted by Gasteiger charge is 2.30. The number of hydrogen-bond donors (Lipinski definition) is 1. The maximum atomic E-state index is 5.80. The fourth-order valence-electron chi connectivity index (χ4n) is 2.19. The Hall–Kier alpha value is -0.490. The highest BCUT2D eigenvalue weighted by Crippen LogP contribution is 2.33. The van der Waals surface area contributed by atoms with E-state index in [0.29, 0.717) is 5.92 Å². The summed E-state index contributed by atoms with van der Waals surface area (Å²) in [5, 5.41) is 3.40. The quantitative estimate of drug-likeness (QED) is 0.817. The van der Waals surface area contributed by atoms with Gasteiger partial charge in [-0.15, -0.1) is 0 Å². The number of methoxy groups -OCH3 is 1. The molecule has 2 rings (SSSR count). The molecular formula is C13H19BrN2O2. The number of pyridine rings is 1. The summed E-state index contributed by atoms with van der Waals surface area (Å²) in [6.07, 6.45) is 3.03. The minimum absolute atomic E-state index is 0.119. The number of nitrogens with zero attached hydrogens (tertiary/aromatic N) is 1. The van der Waals surface area contributed by atoms with Gasteiger partial charge in [-0.1, -0.05) is 0 Å². The molecule has 1 aliphatic rings. The Morgan fingerprint density at radius 3 is 3.17 bits per heavy atom. The van der Waals surface area contributed by atoms with Crippen LogP contribution >= 0.6 is 15.9 Å². The number of hydrogen-bond acceptors (Lipinski definition) is 4. The first-order chi connectivity index (χ1) is 8.81. The average molecular weight is 315 g/mol. The van der Waals surface area contributed by atoms with Crippen LogP contribution in [-0.4, -0.2) is 38.4 Å². The average Bonchev–Trinajstić information content (AvgIpc) is 2.84. The summed E-state index contributed by atoms with van der Waals surface area (Å²) >= 11 is 3.40. The molecule has 5 heteroatoms. The molecule has 0 aromatic carbocycles. The van der Waals surface area contributed by atoms with Crippen molar-refractivity contribution in [2.45, 2.75) is 12.5 Å². The van der Waals surface area contributed by atoms with E-state index in [0.717, 1.165) is 42.9 Å². The Kier molecular flexibility index (Phi) is 5.56. The zero-order valence-corrected chi connectivity index (χ0v) is 12.1. The summed E-state index contributed by atoms with van der Waals surface area (Å²) in [4.78, 5) is 4.43. The monoisotopic (exact) mass is 314 g/mol. The summed E-state index contributed by atoms with van der Waals surface area (Å²) in [7, 11) is 1.72. The van der Waals surface area contributed by atoms with E-state index < -0.39 is 0 Å². The lowest BCUT2D eigenvalue weighted by atomic mass is 9.98. The summed E-state index contributed by atoms with van der Waals surface area (Å²) in [6.45, 7) is 3.40. The Morgan fingerprint density at radius 2 is 2.44 bits per heavy atom. The van der Waals surface area contributed by atoms with E-state index in [1.54, 1.807) is 7.11 Å². The zero-order valence-electron chi connectivity index (χ0n) is 10.6. The van der Waals surface area contributed by atoms with Crippen molar-refractivity contribution in [3.8, 4) is 0 Å². The van der Waals surface area contributed by atoms with Crippen molar-refractivity contribution in [2.75, 3.05) is 33.4 Å². The van der Waals surface area contributed by atoms with Gasteiger partial charge in [-0.25, -0.2) is 0 Å². The predicted octanol–water partition coefficient (Wildman–Crippen LogP) is 2.16. The first-order valence-corrected chi connectivity index (χ1v) is 7.03. The van der Waals surface area contributed by atoms with Gasteiger partial charge in [0, 0.05) is 43.4 Å². The molecule has 0 bridgehead atoms. The summed E-state index contributed by atoms with van der Waals surface area (Å²) in [6, 6.07) is 4.04. The van der Waals surface area contributed by atoms with Gasteiger partial charge < -0.3 is 14.8 Å². The summed E-state index contributed by atoms with van der Waals surface area (Å²) < 4.78 is 11.8. The lowest BCUT2D eigenvalue weighted by Crippen LogP contribution is -2.27. The van der Waals surface area contributed by atoms with Crippen LogP contribution in [0.15, 0.2) is 22.8 Å². The molecular weight excluding hydrogens is 296 g/mol. The van der Waals surface area contributed by atoms with Gasteiger partial charge in [-0.05, 0) is 34.5 Å². The fraction of sp³-hybridized carbons (Fsp3) is 0.615. The van der Waals surface area contributed by atoms with Crippen molar-refractivity contribution >= 4 is 15.9 Å². The number of aromatic nitrogens is 1. The van der Waals surface area contributed by atoms with Gasteiger partial charge in [0.2, 0.25) is 0 Å². The lowest BCUT2D eigenvalue weighted by Gasteiger charge is -2.18. The minimum atomic E-state index is 0.119. The van der Waals surface area contributed by atoms with Crippen LogP contribution in [-0.2, 0) is 9.47 Å². The van der Waals surface area contributed by atoms with Crippen molar-refractivity contribution in [3.05, 3.63) is 28.5 Å². The van der Waals surface area contributed by atoms with Crippen LogP contribution < -0.4 is 5.32 Å². The van der Waals surface area contributed by atoms with Crippen LogP contribution in [0.3, 0.4) is 0 Å². The third kappa shape index (κ3) is 3.75. The molecule has 1 N–H and O–H groups in total. The molecule has 1 aromatic heterocycles. The molecule has 1 aliphatic heterocycles. The smallest absolute Gasteiger partial charge is 0.103 e. The second-order valence-corrected chi connectivity index (χ2v) is 5.35. The Bertz CT molecular complexity index is 359. The van der Waals surface area contributed by atoms with Crippen molar-refractivity contribution in [3.63, 3.8) is 0 Å². The van der Waals surface area contributed by atoms with Gasteiger partial charge in [0.1, 0.15) is 6.10 Å². The van der Waals surface area contributed by atoms with Gasteiger partial charge in [-0.3, -0.25) is 4.98 Å². The Balaban J connectivity index is 1.88. The molecule has 2 heterocycles. The van der Waals surface area contributed by atoms with E-state index in [2.05, 4.69) is 26.2 Å². The number of ether oxygens (including phenoxy) is 2. The minimum Gasteiger partial charge on any atom is -0.383 e. The lowest BCUT2D eigenvalue weighted by molar-refractivity contribution is 0.0864. The van der Waals surface area contributed by atoms with Crippen molar-refractivity contribution in [1.29, 1.82) is 0 Å². The van der Waals surface area contributed by atoms with E-state index in [9.17, 15) is 0 Å². The first-order valence-electron chi connectivity index (χ1n) is 6.24. The molecule has 0 radical (unpaired) electrons. The Labute approximate surface area is 116 Å².